The highest BCUT2D eigenvalue weighted by Gasteiger charge is 2.13. The zero-order chi connectivity index (χ0) is 14.5. The number of nitrogens with one attached hydrogen (secondary N) is 1. The third-order valence-corrected chi connectivity index (χ3v) is 3.76. The molecule has 0 aliphatic rings. The summed E-state index contributed by atoms with van der Waals surface area (Å²) in [4.78, 5) is 0. The highest BCUT2D eigenvalue weighted by molar-refractivity contribution is 6.31. The summed E-state index contributed by atoms with van der Waals surface area (Å²) in [6.45, 7) is 4.20. The van der Waals surface area contributed by atoms with Gasteiger partial charge in [-0.2, -0.15) is 5.26 Å². The van der Waals surface area contributed by atoms with Crippen LogP contribution in [0.25, 0.3) is 0 Å². The molecule has 0 bridgehead atoms. The molecule has 0 radical (unpaired) electrons. The minimum atomic E-state index is 0.161. The summed E-state index contributed by atoms with van der Waals surface area (Å²) in [5.74, 6) is 0. The fraction of sp³-hybridized carbons (Fsp3) is 0.235. The van der Waals surface area contributed by atoms with Gasteiger partial charge in [-0.15, -0.1) is 0 Å². The minimum absolute atomic E-state index is 0.161. The number of rotatable bonds is 4. The third-order valence-electron chi connectivity index (χ3n) is 3.41. The van der Waals surface area contributed by atoms with Crippen LogP contribution in [0.15, 0.2) is 48.5 Å². The van der Waals surface area contributed by atoms with Gasteiger partial charge in [0.25, 0.3) is 0 Å². The molecule has 0 aromatic heterocycles. The molecule has 0 amide bonds. The van der Waals surface area contributed by atoms with Gasteiger partial charge in [0.1, 0.15) is 0 Å². The van der Waals surface area contributed by atoms with Gasteiger partial charge < -0.3 is 5.32 Å². The fourth-order valence-corrected chi connectivity index (χ4v) is 2.53. The molecule has 20 heavy (non-hydrogen) atoms. The first-order valence-electron chi connectivity index (χ1n) is 6.62. The zero-order valence-corrected chi connectivity index (χ0v) is 12.4. The van der Waals surface area contributed by atoms with Crippen molar-refractivity contribution < 1.29 is 0 Å². The fourth-order valence-electron chi connectivity index (χ4n) is 2.23. The second-order valence-electron chi connectivity index (χ2n) is 4.87. The number of halogens is 1. The first kappa shape index (κ1) is 14.6. The normalized spacial score (nSPS) is 13.5. The molecule has 2 aromatic rings. The van der Waals surface area contributed by atoms with E-state index in [9.17, 15) is 0 Å². The van der Waals surface area contributed by atoms with E-state index in [0.717, 1.165) is 16.1 Å². The van der Waals surface area contributed by atoms with Crippen LogP contribution >= 0.6 is 11.6 Å². The van der Waals surface area contributed by atoms with Gasteiger partial charge in [-0.05, 0) is 43.2 Å². The number of benzene rings is 2. The summed E-state index contributed by atoms with van der Waals surface area (Å²) >= 11 is 6.21. The summed E-state index contributed by atoms with van der Waals surface area (Å²) in [5, 5.41) is 13.1. The molecule has 0 heterocycles. The van der Waals surface area contributed by atoms with Crippen molar-refractivity contribution in [2.45, 2.75) is 25.9 Å². The maximum atomic E-state index is 8.81. The number of hydrogen-bond donors (Lipinski definition) is 1. The lowest BCUT2D eigenvalue weighted by Gasteiger charge is -2.21. The standard InChI is InChI=1S/C17H17ClN2/c1-12(15-9-7-14(11-19)8-10-15)20-13(2)16-5-3-4-6-17(16)18/h3-10,12-13,20H,1-2H3/t12?,13-/m1/s1. The van der Waals surface area contributed by atoms with E-state index in [0.29, 0.717) is 5.56 Å². The molecule has 2 nitrogen and oxygen atoms in total. The molecule has 2 atom stereocenters. The lowest BCUT2D eigenvalue weighted by atomic mass is 10.0. The van der Waals surface area contributed by atoms with Crippen molar-refractivity contribution in [1.29, 1.82) is 5.26 Å². The van der Waals surface area contributed by atoms with Crippen LogP contribution in [0.2, 0.25) is 5.02 Å². The summed E-state index contributed by atoms with van der Waals surface area (Å²) in [5.41, 5.74) is 2.93. The first-order valence-corrected chi connectivity index (χ1v) is 7.00. The number of nitrogens with zero attached hydrogens (tertiary/aromatic N) is 1. The van der Waals surface area contributed by atoms with Crippen LogP contribution in [0.3, 0.4) is 0 Å². The van der Waals surface area contributed by atoms with Gasteiger partial charge in [0.05, 0.1) is 11.6 Å². The SMILES string of the molecule is CC(N[C@H](C)c1ccccc1Cl)c1ccc(C#N)cc1. The molecule has 0 aliphatic carbocycles. The maximum absolute atomic E-state index is 8.81. The second-order valence-corrected chi connectivity index (χ2v) is 5.27. The predicted octanol–water partition coefficient (Wildman–Crippen LogP) is 4.62. The summed E-state index contributed by atoms with van der Waals surface area (Å²) in [6, 6.07) is 18.0. The van der Waals surface area contributed by atoms with Crippen LogP contribution in [0, 0.1) is 11.3 Å². The largest absolute Gasteiger partial charge is 0.304 e. The summed E-state index contributed by atoms with van der Waals surface area (Å²) in [6.07, 6.45) is 0. The average molecular weight is 285 g/mol. The zero-order valence-electron chi connectivity index (χ0n) is 11.6. The Kier molecular flexibility index (Phi) is 4.79. The molecule has 0 aliphatic heterocycles. The Balaban J connectivity index is 2.09. The van der Waals surface area contributed by atoms with Gasteiger partial charge in [-0.25, -0.2) is 0 Å². The van der Waals surface area contributed by atoms with E-state index in [2.05, 4.69) is 25.2 Å². The van der Waals surface area contributed by atoms with Gasteiger partial charge in [0.15, 0.2) is 0 Å². The Morgan fingerprint density at radius 3 is 2.25 bits per heavy atom. The topological polar surface area (TPSA) is 35.8 Å². The Morgan fingerprint density at radius 1 is 1.00 bits per heavy atom. The molecule has 1 unspecified atom stereocenters. The first-order chi connectivity index (χ1) is 9.61. The molecule has 102 valence electrons. The Hall–Kier alpha value is -1.82. The van der Waals surface area contributed by atoms with Crippen LogP contribution < -0.4 is 5.32 Å². The lowest BCUT2D eigenvalue weighted by molar-refractivity contribution is 0.495. The van der Waals surface area contributed by atoms with Crippen LogP contribution in [-0.2, 0) is 0 Å². The molecule has 0 saturated heterocycles. The van der Waals surface area contributed by atoms with E-state index in [-0.39, 0.29) is 12.1 Å². The molecular formula is C17H17ClN2. The van der Waals surface area contributed by atoms with Crippen molar-refractivity contribution >= 4 is 11.6 Å². The predicted molar refractivity (Wildman–Crippen MR) is 82.6 cm³/mol. The van der Waals surface area contributed by atoms with Gasteiger partial charge in [-0.1, -0.05) is 41.9 Å². The highest BCUT2D eigenvalue weighted by atomic mass is 35.5. The number of hydrogen-bond acceptors (Lipinski definition) is 2. The number of nitriles is 1. The Labute approximate surface area is 125 Å². The molecule has 2 rings (SSSR count). The molecule has 0 spiro atoms. The van der Waals surface area contributed by atoms with Gasteiger partial charge in [0, 0.05) is 17.1 Å². The molecule has 1 N–H and O–H groups in total. The van der Waals surface area contributed by atoms with Crippen molar-refractivity contribution in [2.24, 2.45) is 0 Å². The van der Waals surface area contributed by atoms with Gasteiger partial charge >= 0.3 is 0 Å². The van der Waals surface area contributed by atoms with Gasteiger partial charge in [0.2, 0.25) is 0 Å². The second kappa shape index (κ2) is 6.56. The van der Waals surface area contributed by atoms with Crippen molar-refractivity contribution in [3.05, 3.63) is 70.2 Å². The van der Waals surface area contributed by atoms with Crippen LogP contribution in [0.4, 0.5) is 0 Å². The van der Waals surface area contributed by atoms with Crippen molar-refractivity contribution in [3.8, 4) is 6.07 Å². The van der Waals surface area contributed by atoms with Crippen molar-refractivity contribution in [2.75, 3.05) is 0 Å². The average Bonchev–Trinajstić information content (AvgIpc) is 2.47. The van der Waals surface area contributed by atoms with Crippen LogP contribution in [0.1, 0.15) is 42.6 Å². The highest BCUT2D eigenvalue weighted by Crippen LogP contribution is 2.25. The van der Waals surface area contributed by atoms with Crippen LogP contribution in [-0.4, -0.2) is 0 Å². The van der Waals surface area contributed by atoms with E-state index in [1.807, 2.05) is 48.5 Å². The van der Waals surface area contributed by atoms with E-state index < -0.39 is 0 Å². The Bertz CT molecular complexity index is 614. The molecule has 2 aromatic carbocycles. The lowest BCUT2D eigenvalue weighted by Crippen LogP contribution is -2.22. The summed E-state index contributed by atoms with van der Waals surface area (Å²) < 4.78 is 0. The molecule has 0 saturated carbocycles. The molecule has 0 fully saturated rings. The third kappa shape index (κ3) is 3.39. The molecule has 3 heteroatoms. The smallest absolute Gasteiger partial charge is 0.0991 e. The quantitative estimate of drug-likeness (QED) is 0.889. The minimum Gasteiger partial charge on any atom is -0.304 e. The monoisotopic (exact) mass is 284 g/mol. The van der Waals surface area contributed by atoms with Crippen LogP contribution in [0.5, 0.6) is 0 Å². The van der Waals surface area contributed by atoms with Gasteiger partial charge in [-0.3, -0.25) is 0 Å². The van der Waals surface area contributed by atoms with Crippen molar-refractivity contribution in [1.82, 2.24) is 5.32 Å². The van der Waals surface area contributed by atoms with E-state index in [1.165, 1.54) is 0 Å². The van der Waals surface area contributed by atoms with Crippen molar-refractivity contribution in [3.63, 3.8) is 0 Å². The maximum Gasteiger partial charge on any atom is 0.0991 e. The van der Waals surface area contributed by atoms with E-state index >= 15 is 0 Å². The molecular weight excluding hydrogens is 268 g/mol. The van der Waals surface area contributed by atoms with E-state index in [4.69, 9.17) is 16.9 Å². The van der Waals surface area contributed by atoms with E-state index in [1.54, 1.807) is 0 Å². The summed E-state index contributed by atoms with van der Waals surface area (Å²) in [7, 11) is 0. The Morgan fingerprint density at radius 2 is 1.65 bits per heavy atom.